The standard InChI is InChI=1S/C12H13F3O4S2/c1-8(7-11(16)19-2)20-9-5-3-4-6-10(9)21(17,18)12(13,14)15/h3-6,8H,7H2,1-2H3. The van der Waals surface area contributed by atoms with Crippen LogP contribution in [0.15, 0.2) is 34.1 Å². The monoisotopic (exact) mass is 342 g/mol. The number of alkyl halides is 3. The lowest BCUT2D eigenvalue weighted by Crippen LogP contribution is -2.24. The van der Waals surface area contributed by atoms with Crippen molar-refractivity contribution >= 4 is 27.6 Å². The normalized spacial score (nSPS) is 13.8. The molecular weight excluding hydrogens is 329 g/mol. The SMILES string of the molecule is COC(=O)CC(C)Sc1ccccc1S(=O)(=O)C(F)(F)F. The van der Waals surface area contributed by atoms with E-state index in [4.69, 9.17) is 0 Å². The zero-order valence-electron chi connectivity index (χ0n) is 11.2. The van der Waals surface area contributed by atoms with Crippen molar-refractivity contribution in [3.8, 4) is 0 Å². The van der Waals surface area contributed by atoms with Crippen LogP contribution in [0.1, 0.15) is 13.3 Å². The third-order valence-corrected chi connectivity index (χ3v) is 5.31. The Morgan fingerprint density at radius 2 is 1.90 bits per heavy atom. The van der Waals surface area contributed by atoms with Crippen LogP contribution in [0, 0.1) is 0 Å². The Kier molecular flexibility index (Phi) is 5.68. The Morgan fingerprint density at radius 1 is 1.33 bits per heavy atom. The maximum Gasteiger partial charge on any atom is 0.501 e. The zero-order chi connectivity index (χ0) is 16.3. The minimum Gasteiger partial charge on any atom is -0.469 e. The van der Waals surface area contributed by atoms with Gasteiger partial charge in [0.05, 0.1) is 18.4 Å². The van der Waals surface area contributed by atoms with Crippen molar-refractivity contribution < 1.29 is 31.1 Å². The number of rotatable bonds is 5. The predicted molar refractivity (Wildman–Crippen MR) is 71.6 cm³/mol. The van der Waals surface area contributed by atoms with Crippen LogP contribution in [0.2, 0.25) is 0 Å². The Morgan fingerprint density at radius 3 is 2.43 bits per heavy atom. The summed E-state index contributed by atoms with van der Waals surface area (Å²) in [4.78, 5) is 10.3. The summed E-state index contributed by atoms with van der Waals surface area (Å²) in [6.07, 6.45) is -0.0401. The minimum atomic E-state index is -5.42. The van der Waals surface area contributed by atoms with E-state index >= 15 is 0 Å². The summed E-state index contributed by atoms with van der Waals surface area (Å²) in [5.41, 5.74) is -5.37. The molecule has 1 atom stereocenters. The summed E-state index contributed by atoms with van der Waals surface area (Å²) >= 11 is 0.877. The zero-order valence-corrected chi connectivity index (χ0v) is 12.8. The number of hydrogen-bond donors (Lipinski definition) is 0. The first kappa shape index (κ1) is 17.8. The second-order valence-electron chi connectivity index (χ2n) is 4.10. The Hall–Kier alpha value is -1.22. The van der Waals surface area contributed by atoms with Gasteiger partial charge in [-0.25, -0.2) is 8.42 Å². The summed E-state index contributed by atoms with van der Waals surface area (Å²) in [5.74, 6) is -0.522. The van der Waals surface area contributed by atoms with E-state index in [1.807, 2.05) is 0 Å². The number of esters is 1. The molecule has 0 aliphatic rings. The van der Waals surface area contributed by atoms with Crippen LogP contribution < -0.4 is 0 Å². The molecule has 4 nitrogen and oxygen atoms in total. The Labute approximate surface area is 124 Å². The van der Waals surface area contributed by atoms with Crippen LogP contribution in [0.25, 0.3) is 0 Å². The molecule has 0 aromatic heterocycles. The number of methoxy groups -OCH3 is 1. The number of carbonyl (C=O) groups is 1. The van der Waals surface area contributed by atoms with Crippen LogP contribution in [-0.2, 0) is 19.4 Å². The molecule has 1 unspecified atom stereocenters. The van der Waals surface area contributed by atoms with E-state index < -0.39 is 31.5 Å². The van der Waals surface area contributed by atoms with Gasteiger partial charge in [-0.15, -0.1) is 11.8 Å². The number of benzene rings is 1. The van der Waals surface area contributed by atoms with E-state index in [0.29, 0.717) is 0 Å². The van der Waals surface area contributed by atoms with Crippen molar-refractivity contribution in [3.05, 3.63) is 24.3 Å². The van der Waals surface area contributed by atoms with Crippen LogP contribution >= 0.6 is 11.8 Å². The van der Waals surface area contributed by atoms with E-state index in [-0.39, 0.29) is 11.3 Å². The Bertz CT molecular complexity index is 611. The van der Waals surface area contributed by atoms with Gasteiger partial charge in [-0.2, -0.15) is 13.2 Å². The maximum atomic E-state index is 12.6. The number of sulfone groups is 1. The quantitative estimate of drug-likeness (QED) is 0.608. The molecule has 0 aliphatic carbocycles. The molecule has 1 aromatic rings. The molecule has 21 heavy (non-hydrogen) atoms. The maximum absolute atomic E-state index is 12.6. The van der Waals surface area contributed by atoms with Crippen LogP contribution in [-0.4, -0.2) is 32.3 Å². The molecule has 0 heterocycles. The van der Waals surface area contributed by atoms with Gasteiger partial charge < -0.3 is 4.74 Å². The van der Waals surface area contributed by atoms with Crippen LogP contribution in [0.3, 0.4) is 0 Å². The highest BCUT2D eigenvalue weighted by molar-refractivity contribution is 8.01. The van der Waals surface area contributed by atoms with E-state index in [2.05, 4.69) is 4.74 Å². The molecule has 0 spiro atoms. The summed E-state index contributed by atoms with van der Waals surface area (Å²) in [7, 11) is -4.23. The first-order valence-corrected chi connectivity index (χ1v) is 8.09. The number of carbonyl (C=O) groups excluding carboxylic acids is 1. The second-order valence-corrected chi connectivity index (χ2v) is 7.49. The molecule has 0 radical (unpaired) electrons. The van der Waals surface area contributed by atoms with Gasteiger partial charge in [0.15, 0.2) is 0 Å². The van der Waals surface area contributed by atoms with E-state index in [1.54, 1.807) is 6.92 Å². The lowest BCUT2D eigenvalue weighted by atomic mass is 10.3. The molecule has 0 bridgehead atoms. The topological polar surface area (TPSA) is 60.4 Å². The average Bonchev–Trinajstić information content (AvgIpc) is 2.37. The molecule has 1 aromatic carbocycles. The van der Waals surface area contributed by atoms with Gasteiger partial charge >= 0.3 is 11.5 Å². The van der Waals surface area contributed by atoms with Crippen molar-refractivity contribution in [2.45, 2.75) is 33.9 Å². The van der Waals surface area contributed by atoms with Gasteiger partial charge in [0.25, 0.3) is 9.84 Å². The lowest BCUT2D eigenvalue weighted by molar-refractivity contribution is -0.140. The molecule has 0 aliphatic heterocycles. The third-order valence-electron chi connectivity index (χ3n) is 2.45. The predicted octanol–water partition coefficient (Wildman–Crippen LogP) is 3.02. The largest absolute Gasteiger partial charge is 0.501 e. The molecule has 0 amide bonds. The molecular formula is C12H13F3O4S2. The van der Waals surface area contributed by atoms with Gasteiger partial charge in [0, 0.05) is 10.1 Å². The molecule has 0 fully saturated rings. The summed E-state index contributed by atoms with van der Waals surface area (Å²) in [6.45, 7) is 1.60. The van der Waals surface area contributed by atoms with Crippen molar-refractivity contribution in [2.75, 3.05) is 7.11 Å². The summed E-state index contributed by atoms with van der Waals surface area (Å²) < 4.78 is 65.4. The molecule has 0 saturated carbocycles. The van der Waals surface area contributed by atoms with Crippen molar-refractivity contribution in [2.24, 2.45) is 0 Å². The molecule has 9 heteroatoms. The van der Waals surface area contributed by atoms with Gasteiger partial charge in [0.1, 0.15) is 0 Å². The number of ether oxygens (including phenoxy) is 1. The fourth-order valence-corrected chi connectivity index (χ4v) is 3.78. The van der Waals surface area contributed by atoms with Gasteiger partial charge in [-0.1, -0.05) is 19.1 Å². The summed E-state index contributed by atoms with van der Waals surface area (Å²) in [5, 5.41) is -0.429. The van der Waals surface area contributed by atoms with E-state index in [1.165, 1.54) is 25.3 Å². The van der Waals surface area contributed by atoms with Gasteiger partial charge in [-0.05, 0) is 12.1 Å². The first-order chi connectivity index (χ1) is 9.59. The Balaban J connectivity index is 3.09. The van der Waals surface area contributed by atoms with Gasteiger partial charge in [0.2, 0.25) is 0 Å². The fraction of sp³-hybridized carbons (Fsp3) is 0.417. The fourth-order valence-electron chi connectivity index (χ4n) is 1.47. The highest BCUT2D eigenvalue weighted by Gasteiger charge is 2.47. The lowest BCUT2D eigenvalue weighted by Gasteiger charge is -2.15. The minimum absolute atomic E-state index is 0.0401. The van der Waals surface area contributed by atoms with E-state index in [0.717, 1.165) is 17.8 Å². The number of halogens is 3. The number of hydrogen-bond acceptors (Lipinski definition) is 5. The van der Waals surface area contributed by atoms with Gasteiger partial charge in [-0.3, -0.25) is 4.79 Å². The number of thioether (sulfide) groups is 1. The summed E-state index contributed by atoms with van der Waals surface area (Å²) in [6, 6.07) is 4.82. The van der Waals surface area contributed by atoms with Crippen molar-refractivity contribution in [3.63, 3.8) is 0 Å². The van der Waals surface area contributed by atoms with Crippen LogP contribution in [0.4, 0.5) is 13.2 Å². The first-order valence-electron chi connectivity index (χ1n) is 5.73. The smallest absolute Gasteiger partial charge is 0.469 e. The third kappa shape index (κ3) is 4.37. The van der Waals surface area contributed by atoms with Crippen molar-refractivity contribution in [1.82, 2.24) is 0 Å². The average molecular weight is 342 g/mol. The van der Waals surface area contributed by atoms with Crippen LogP contribution in [0.5, 0.6) is 0 Å². The highest BCUT2D eigenvalue weighted by Crippen LogP contribution is 2.37. The molecule has 0 N–H and O–H groups in total. The molecule has 0 saturated heterocycles. The van der Waals surface area contributed by atoms with E-state index in [9.17, 15) is 26.4 Å². The second kappa shape index (κ2) is 6.69. The molecule has 118 valence electrons. The highest BCUT2D eigenvalue weighted by atomic mass is 32.2. The molecule has 1 rings (SSSR count). The van der Waals surface area contributed by atoms with Crippen molar-refractivity contribution in [1.29, 1.82) is 0 Å².